The molecule has 3 aromatic rings. The van der Waals surface area contributed by atoms with Crippen molar-refractivity contribution >= 4 is 22.6 Å². The highest BCUT2D eigenvalue weighted by atomic mass is 32.1. The molecule has 3 rings (SSSR count). The molecule has 0 bridgehead atoms. The topological polar surface area (TPSA) is 57.9 Å². The Labute approximate surface area is 159 Å². The Balaban J connectivity index is 1.79. The minimum absolute atomic E-state index is 0.0763. The minimum atomic E-state index is -0.738. The molecule has 4 nitrogen and oxygen atoms in total. The zero-order valence-electron chi connectivity index (χ0n) is 14.4. The van der Waals surface area contributed by atoms with E-state index in [9.17, 15) is 14.0 Å². The maximum Gasteiger partial charge on any atom is 0.149 e. The van der Waals surface area contributed by atoms with Gasteiger partial charge in [0.2, 0.25) is 0 Å². The summed E-state index contributed by atoms with van der Waals surface area (Å²) in [5.41, 5.74) is 1.95. The van der Waals surface area contributed by atoms with Crippen LogP contribution in [0.2, 0.25) is 0 Å². The highest BCUT2D eigenvalue weighted by molar-refractivity contribution is 7.11. The number of hydrogen-bond donors (Lipinski definition) is 1. The summed E-state index contributed by atoms with van der Waals surface area (Å²) < 4.78 is 32.1. The van der Waals surface area contributed by atoms with E-state index in [1.165, 1.54) is 23.6 Å². The fourth-order valence-corrected chi connectivity index (χ4v) is 3.11. The van der Waals surface area contributed by atoms with Crippen molar-refractivity contribution in [3.63, 3.8) is 0 Å². The third-order valence-corrected chi connectivity index (χ3v) is 4.49. The number of anilines is 1. The molecule has 0 atom stereocenters. The lowest BCUT2D eigenvalue weighted by Crippen LogP contribution is -1.94. The lowest BCUT2D eigenvalue weighted by Gasteiger charge is -2.03. The van der Waals surface area contributed by atoms with E-state index >= 15 is 0 Å². The standard InChI is InChI=1S/C20H15F2N3OS/c1-2-26-16-6-3-13(4-7-16)19-12-27-20(25-19)14(10-23)11-24-18-8-5-15(21)9-17(18)22/h3-9,11-12,24H,2H2,1H3. The summed E-state index contributed by atoms with van der Waals surface area (Å²) in [5.74, 6) is -0.625. The van der Waals surface area contributed by atoms with Crippen molar-refractivity contribution < 1.29 is 13.5 Å². The fraction of sp³-hybridized carbons (Fsp3) is 0.100. The van der Waals surface area contributed by atoms with E-state index in [-0.39, 0.29) is 11.3 Å². The van der Waals surface area contributed by atoms with E-state index in [1.54, 1.807) is 0 Å². The molecule has 0 saturated heterocycles. The van der Waals surface area contributed by atoms with Crippen LogP contribution in [0.25, 0.3) is 16.8 Å². The van der Waals surface area contributed by atoms with Gasteiger partial charge < -0.3 is 10.1 Å². The summed E-state index contributed by atoms with van der Waals surface area (Å²) >= 11 is 1.31. The van der Waals surface area contributed by atoms with Crippen molar-refractivity contribution in [2.75, 3.05) is 11.9 Å². The van der Waals surface area contributed by atoms with Crippen LogP contribution in [-0.4, -0.2) is 11.6 Å². The van der Waals surface area contributed by atoms with Crippen molar-refractivity contribution in [2.45, 2.75) is 6.92 Å². The maximum absolute atomic E-state index is 13.7. The molecule has 136 valence electrons. The molecule has 7 heteroatoms. The third kappa shape index (κ3) is 4.49. The van der Waals surface area contributed by atoms with E-state index in [4.69, 9.17) is 4.74 Å². The molecular weight excluding hydrogens is 368 g/mol. The Morgan fingerprint density at radius 1 is 1.26 bits per heavy atom. The first-order valence-electron chi connectivity index (χ1n) is 8.11. The predicted octanol–water partition coefficient (Wildman–Crippen LogP) is 5.46. The Bertz CT molecular complexity index is 1010. The molecule has 1 heterocycles. The van der Waals surface area contributed by atoms with Crippen LogP contribution in [0.5, 0.6) is 5.75 Å². The molecule has 0 amide bonds. The number of benzene rings is 2. The van der Waals surface area contributed by atoms with Crippen LogP contribution >= 0.6 is 11.3 Å². The number of hydrogen-bond acceptors (Lipinski definition) is 5. The summed E-state index contributed by atoms with van der Waals surface area (Å²) in [5, 5.41) is 14.4. The van der Waals surface area contributed by atoms with Crippen LogP contribution in [0.3, 0.4) is 0 Å². The lowest BCUT2D eigenvalue weighted by atomic mass is 10.2. The summed E-state index contributed by atoms with van der Waals surface area (Å²) in [6.07, 6.45) is 1.36. The van der Waals surface area contributed by atoms with Gasteiger partial charge in [0, 0.05) is 23.2 Å². The maximum atomic E-state index is 13.7. The van der Waals surface area contributed by atoms with Crippen LogP contribution in [-0.2, 0) is 0 Å². The zero-order valence-corrected chi connectivity index (χ0v) is 15.2. The van der Waals surface area contributed by atoms with E-state index in [0.717, 1.165) is 29.1 Å². The quantitative estimate of drug-likeness (QED) is 0.574. The average molecular weight is 383 g/mol. The number of nitrogens with one attached hydrogen (secondary N) is 1. The van der Waals surface area contributed by atoms with Crippen LogP contribution < -0.4 is 10.1 Å². The molecule has 0 spiro atoms. The first kappa shape index (κ1) is 18.5. The molecule has 0 aliphatic rings. The Kier molecular flexibility index (Phi) is 5.79. The predicted molar refractivity (Wildman–Crippen MR) is 102 cm³/mol. The third-order valence-electron chi connectivity index (χ3n) is 3.62. The van der Waals surface area contributed by atoms with E-state index in [1.807, 2.05) is 42.6 Å². The molecule has 0 aliphatic heterocycles. The van der Waals surface area contributed by atoms with Gasteiger partial charge in [-0.25, -0.2) is 13.8 Å². The number of nitrogens with zero attached hydrogens (tertiary/aromatic N) is 2. The summed E-state index contributed by atoms with van der Waals surface area (Å²) in [6, 6.07) is 12.7. The molecule has 0 fully saturated rings. The van der Waals surface area contributed by atoms with Crippen molar-refractivity contribution in [3.05, 3.63) is 70.7 Å². The summed E-state index contributed by atoms with van der Waals surface area (Å²) in [4.78, 5) is 4.47. The number of ether oxygens (including phenoxy) is 1. The van der Waals surface area contributed by atoms with Gasteiger partial charge in [-0.3, -0.25) is 0 Å². The molecule has 27 heavy (non-hydrogen) atoms. The van der Waals surface area contributed by atoms with Gasteiger partial charge in [-0.15, -0.1) is 11.3 Å². The van der Waals surface area contributed by atoms with E-state index in [2.05, 4.69) is 10.3 Å². The fourth-order valence-electron chi connectivity index (χ4n) is 2.32. The summed E-state index contributed by atoms with van der Waals surface area (Å²) in [7, 11) is 0. The number of halogens is 2. The Hall–Kier alpha value is -3.24. The second-order valence-electron chi connectivity index (χ2n) is 5.43. The van der Waals surface area contributed by atoms with Gasteiger partial charge in [-0.05, 0) is 43.3 Å². The monoisotopic (exact) mass is 383 g/mol. The smallest absolute Gasteiger partial charge is 0.149 e. The van der Waals surface area contributed by atoms with Gasteiger partial charge in [-0.1, -0.05) is 0 Å². The first-order valence-corrected chi connectivity index (χ1v) is 8.99. The van der Waals surface area contributed by atoms with Crippen LogP contribution in [0.1, 0.15) is 11.9 Å². The van der Waals surface area contributed by atoms with Gasteiger partial charge in [-0.2, -0.15) is 5.26 Å². The molecule has 0 radical (unpaired) electrons. The number of rotatable bonds is 6. The van der Waals surface area contributed by atoms with E-state index in [0.29, 0.717) is 11.6 Å². The van der Waals surface area contributed by atoms with E-state index < -0.39 is 11.6 Å². The highest BCUT2D eigenvalue weighted by Crippen LogP contribution is 2.27. The second kappa shape index (κ2) is 8.43. The van der Waals surface area contributed by atoms with Crippen molar-refractivity contribution in [2.24, 2.45) is 0 Å². The van der Waals surface area contributed by atoms with Crippen LogP contribution in [0, 0.1) is 23.0 Å². The Morgan fingerprint density at radius 3 is 2.70 bits per heavy atom. The number of thiazole rings is 1. The highest BCUT2D eigenvalue weighted by Gasteiger charge is 2.10. The number of nitriles is 1. The van der Waals surface area contributed by atoms with Gasteiger partial charge in [0.1, 0.15) is 34.0 Å². The van der Waals surface area contributed by atoms with Crippen LogP contribution in [0.4, 0.5) is 14.5 Å². The van der Waals surface area contributed by atoms with Crippen molar-refractivity contribution in [3.8, 4) is 23.1 Å². The number of aromatic nitrogens is 1. The van der Waals surface area contributed by atoms with Gasteiger partial charge in [0.25, 0.3) is 0 Å². The van der Waals surface area contributed by atoms with Gasteiger partial charge in [0.15, 0.2) is 0 Å². The average Bonchev–Trinajstić information content (AvgIpc) is 3.14. The number of allylic oxidation sites excluding steroid dienone is 1. The molecule has 0 aliphatic carbocycles. The lowest BCUT2D eigenvalue weighted by molar-refractivity contribution is 0.340. The molecule has 0 unspecified atom stereocenters. The molecular formula is C20H15F2N3OS. The first-order chi connectivity index (χ1) is 13.1. The van der Waals surface area contributed by atoms with Crippen LogP contribution in [0.15, 0.2) is 54.0 Å². The molecule has 1 N–H and O–H groups in total. The second-order valence-corrected chi connectivity index (χ2v) is 6.29. The Morgan fingerprint density at radius 2 is 2.04 bits per heavy atom. The minimum Gasteiger partial charge on any atom is -0.494 e. The van der Waals surface area contributed by atoms with Crippen molar-refractivity contribution in [1.82, 2.24) is 4.98 Å². The zero-order chi connectivity index (χ0) is 19.2. The molecule has 0 saturated carbocycles. The SMILES string of the molecule is CCOc1ccc(-c2csc(C(C#N)=CNc3ccc(F)cc3F)n2)cc1. The molecule has 1 aromatic heterocycles. The molecule has 2 aromatic carbocycles. The van der Waals surface area contributed by atoms with Gasteiger partial charge >= 0.3 is 0 Å². The normalized spacial score (nSPS) is 11.1. The van der Waals surface area contributed by atoms with Gasteiger partial charge in [0.05, 0.1) is 18.0 Å². The largest absolute Gasteiger partial charge is 0.494 e. The van der Waals surface area contributed by atoms with Crippen molar-refractivity contribution in [1.29, 1.82) is 5.26 Å². The summed E-state index contributed by atoms with van der Waals surface area (Å²) in [6.45, 7) is 2.51.